The van der Waals surface area contributed by atoms with Crippen LogP contribution in [-0.4, -0.2) is 25.6 Å². The first-order valence-corrected chi connectivity index (χ1v) is 5.70. The second-order valence-electron chi connectivity index (χ2n) is 4.59. The van der Waals surface area contributed by atoms with Crippen LogP contribution in [0.3, 0.4) is 0 Å². The highest BCUT2D eigenvalue weighted by molar-refractivity contribution is 5.50. The molecule has 6 heteroatoms. The first-order chi connectivity index (χ1) is 7.99. The van der Waals surface area contributed by atoms with Gasteiger partial charge in [-0.05, 0) is 19.8 Å². The molecule has 2 aromatic rings. The van der Waals surface area contributed by atoms with Crippen LogP contribution in [-0.2, 0) is 0 Å². The highest BCUT2D eigenvalue weighted by atomic mass is 16.1. The number of aromatic nitrogens is 4. The van der Waals surface area contributed by atoms with E-state index in [1.54, 1.807) is 13.0 Å². The Bertz CT molecular complexity index is 583. The SMILES string of the molecule is Cc1nc(NC(C)C(C)C)cc2n[nH]c(=O)n12. The van der Waals surface area contributed by atoms with Gasteiger partial charge in [-0.2, -0.15) is 5.10 Å². The summed E-state index contributed by atoms with van der Waals surface area (Å²) in [7, 11) is 0. The minimum atomic E-state index is -0.256. The maximum atomic E-state index is 11.4. The van der Waals surface area contributed by atoms with Crippen LogP contribution in [0.2, 0.25) is 0 Å². The Labute approximate surface area is 99.1 Å². The Kier molecular flexibility index (Phi) is 2.87. The van der Waals surface area contributed by atoms with Crippen molar-refractivity contribution >= 4 is 11.5 Å². The molecule has 0 aliphatic carbocycles. The average molecular weight is 235 g/mol. The molecule has 2 N–H and O–H groups in total. The summed E-state index contributed by atoms with van der Waals surface area (Å²) in [6.45, 7) is 8.17. The van der Waals surface area contributed by atoms with Crippen molar-refractivity contribution in [2.75, 3.05) is 5.32 Å². The molecule has 6 nitrogen and oxygen atoms in total. The molecular formula is C11H17N5O. The molecule has 2 rings (SSSR count). The number of hydrogen-bond donors (Lipinski definition) is 2. The smallest absolute Gasteiger partial charge is 0.349 e. The van der Waals surface area contributed by atoms with Crippen molar-refractivity contribution < 1.29 is 0 Å². The summed E-state index contributed by atoms with van der Waals surface area (Å²) in [5.74, 6) is 1.88. The fourth-order valence-corrected chi connectivity index (χ4v) is 1.57. The van der Waals surface area contributed by atoms with E-state index in [4.69, 9.17) is 0 Å². The highest BCUT2D eigenvalue weighted by Gasteiger charge is 2.10. The molecule has 0 bridgehead atoms. The number of nitrogens with one attached hydrogen (secondary N) is 2. The minimum Gasteiger partial charge on any atom is -0.367 e. The number of nitrogens with zero attached hydrogens (tertiary/aromatic N) is 3. The molecule has 1 unspecified atom stereocenters. The number of fused-ring (bicyclic) bond motifs is 1. The van der Waals surface area contributed by atoms with Gasteiger partial charge < -0.3 is 5.32 Å². The van der Waals surface area contributed by atoms with Gasteiger partial charge in [-0.1, -0.05) is 13.8 Å². The Hall–Kier alpha value is -1.85. The van der Waals surface area contributed by atoms with Gasteiger partial charge in [0.1, 0.15) is 11.6 Å². The average Bonchev–Trinajstić information content (AvgIpc) is 2.60. The summed E-state index contributed by atoms with van der Waals surface area (Å²) in [6, 6.07) is 2.08. The molecule has 0 saturated carbocycles. The van der Waals surface area contributed by atoms with Crippen LogP contribution in [0.4, 0.5) is 5.82 Å². The number of aromatic amines is 1. The zero-order valence-corrected chi connectivity index (χ0v) is 10.5. The van der Waals surface area contributed by atoms with Crippen molar-refractivity contribution in [2.45, 2.75) is 33.7 Å². The molecule has 0 spiro atoms. The summed E-state index contributed by atoms with van der Waals surface area (Å²) >= 11 is 0. The minimum absolute atomic E-state index is 0.256. The predicted molar refractivity (Wildman–Crippen MR) is 66.3 cm³/mol. The molecule has 0 aliphatic heterocycles. The number of aryl methyl sites for hydroxylation is 1. The number of H-pyrrole nitrogens is 1. The van der Waals surface area contributed by atoms with Crippen LogP contribution in [0.1, 0.15) is 26.6 Å². The van der Waals surface area contributed by atoms with Crippen molar-refractivity contribution in [2.24, 2.45) is 5.92 Å². The van der Waals surface area contributed by atoms with Gasteiger partial charge in [-0.25, -0.2) is 19.3 Å². The van der Waals surface area contributed by atoms with Crippen LogP contribution < -0.4 is 11.0 Å². The lowest BCUT2D eigenvalue weighted by molar-refractivity contribution is 0.558. The molecule has 2 aromatic heterocycles. The summed E-state index contributed by atoms with van der Waals surface area (Å²) in [6.07, 6.45) is 0. The van der Waals surface area contributed by atoms with Gasteiger partial charge in [0.25, 0.3) is 0 Å². The van der Waals surface area contributed by atoms with Gasteiger partial charge in [0, 0.05) is 12.1 Å². The van der Waals surface area contributed by atoms with Gasteiger partial charge in [-0.15, -0.1) is 0 Å². The zero-order valence-electron chi connectivity index (χ0n) is 10.5. The highest BCUT2D eigenvalue weighted by Crippen LogP contribution is 2.12. The maximum Gasteiger partial charge on any atom is 0.349 e. The molecule has 92 valence electrons. The van der Waals surface area contributed by atoms with Crippen molar-refractivity contribution in [3.63, 3.8) is 0 Å². The van der Waals surface area contributed by atoms with E-state index >= 15 is 0 Å². The second kappa shape index (κ2) is 4.20. The topological polar surface area (TPSA) is 75.1 Å². The van der Waals surface area contributed by atoms with Crippen molar-refractivity contribution in [3.8, 4) is 0 Å². The second-order valence-corrected chi connectivity index (χ2v) is 4.59. The van der Waals surface area contributed by atoms with E-state index in [1.165, 1.54) is 4.40 Å². The standard InChI is InChI=1S/C11H17N5O/c1-6(2)7(3)12-9-5-10-14-15-11(17)16(10)8(4)13-9/h5-7,12H,1-4H3,(H,15,17). The van der Waals surface area contributed by atoms with Gasteiger partial charge in [0.05, 0.1) is 0 Å². The molecular weight excluding hydrogens is 218 g/mol. The zero-order chi connectivity index (χ0) is 12.6. The van der Waals surface area contributed by atoms with E-state index < -0.39 is 0 Å². The fourth-order valence-electron chi connectivity index (χ4n) is 1.57. The third-order valence-corrected chi connectivity index (χ3v) is 2.95. The third-order valence-electron chi connectivity index (χ3n) is 2.95. The van der Waals surface area contributed by atoms with E-state index in [9.17, 15) is 4.79 Å². The molecule has 0 radical (unpaired) electrons. The molecule has 0 aromatic carbocycles. The van der Waals surface area contributed by atoms with E-state index in [-0.39, 0.29) is 5.69 Å². The third kappa shape index (κ3) is 2.15. The lowest BCUT2D eigenvalue weighted by Crippen LogP contribution is -2.23. The number of rotatable bonds is 3. The number of anilines is 1. The molecule has 0 aliphatic rings. The quantitative estimate of drug-likeness (QED) is 0.837. The molecule has 0 saturated heterocycles. The van der Waals surface area contributed by atoms with Gasteiger partial charge in [-0.3, -0.25) is 0 Å². The lowest BCUT2D eigenvalue weighted by Gasteiger charge is -2.18. The van der Waals surface area contributed by atoms with Crippen molar-refractivity contribution in [1.82, 2.24) is 19.6 Å². The number of hydrogen-bond acceptors (Lipinski definition) is 4. The van der Waals surface area contributed by atoms with Crippen LogP contribution in [0.25, 0.3) is 5.65 Å². The van der Waals surface area contributed by atoms with Gasteiger partial charge in [0.15, 0.2) is 5.65 Å². The Morgan fingerprint density at radius 2 is 2.12 bits per heavy atom. The molecule has 0 fully saturated rings. The molecule has 0 amide bonds. The summed E-state index contributed by atoms with van der Waals surface area (Å²) in [4.78, 5) is 15.8. The maximum absolute atomic E-state index is 11.4. The van der Waals surface area contributed by atoms with E-state index in [0.29, 0.717) is 23.4 Å². The summed E-state index contributed by atoms with van der Waals surface area (Å²) in [5, 5.41) is 9.65. The van der Waals surface area contributed by atoms with Crippen LogP contribution >= 0.6 is 0 Å². The van der Waals surface area contributed by atoms with Crippen LogP contribution in [0, 0.1) is 12.8 Å². The largest absolute Gasteiger partial charge is 0.367 e. The van der Waals surface area contributed by atoms with E-state index in [0.717, 1.165) is 5.82 Å². The van der Waals surface area contributed by atoms with Crippen LogP contribution in [0.15, 0.2) is 10.9 Å². The van der Waals surface area contributed by atoms with Crippen LogP contribution in [0.5, 0.6) is 0 Å². The molecule has 2 heterocycles. The first kappa shape index (κ1) is 11.6. The first-order valence-electron chi connectivity index (χ1n) is 5.70. The van der Waals surface area contributed by atoms with Gasteiger partial charge >= 0.3 is 5.69 Å². The Morgan fingerprint density at radius 1 is 1.41 bits per heavy atom. The molecule has 17 heavy (non-hydrogen) atoms. The lowest BCUT2D eigenvalue weighted by atomic mass is 10.1. The Balaban J connectivity index is 2.41. The molecule has 1 atom stereocenters. The van der Waals surface area contributed by atoms with Gasteiger partial charge in [0.2, 0.25) is 0 Å². The van der Waals surface area contributed by atoms with Crippen molar-refractivity contribution in [3.05, 3.63) is 22.4 Å². The van der Waals surface area contributed by atoms with E-state index in [1.807, 2.05) is 0 Å². The Morgan fingerprint density at radius 3 is 2.76 bits per heavy atom. The normalized spacial score (nSPS) is 13.2. The van der Waals surface area contributed by atoms with E-state index in [2.05, 4.69) is 41.3 Å². The fraction of sp³-hybridized carbons (Fsp3) is 0.545. The summed E-state index contributed by atoms with van der Waals surface area (Å²) < 4.78 is 1.45. The monoisotopic (exact) mass is 235 g/mol. The predicted octanol–water partition coefficient (Wildman–Crippen LogP) is 1.18. The van der Waals surface area contributed by atoms with Crippen molar-refractivity contribution in [1.29, 1.82) is 0 Å². The summed E-state index contributed by atoms with van der Waals surface area (Å²) in [5.41, 5.74) is 0.328.